The molecule has 0 spiro atoms. The van der Waals surface area contributed by atoms with Gasteiger partial charge in [-0.25, -0.2) is 8.78 Å². The van der Waals surface area contributed by atoms with Crippen molar-refractivity contribution in [2.24, 2.45) is 0 Å². The van der Waals surface area contributed by atoms with Gasteiger partial charge in [0.25, 0.3) is 0 Å². The van der Waals surface area contributed by atoms with Gasteiger partial charge in [-0.05, 0) is 50.1 Å². The molecule has 1 N–H and O–H groups in total. The second-order valence-electron chi connectivity index (χ2n) is 5.18. The minimum Gasteiger partial charge on any atom is -0.338 e. The SMILES string of the molecule is CNCC1CCCN1C(=O)CCc1cc(F)ccc1F.Cl. The second-order valence-corrected chi connectivity index (χ2v) is 5.18. The van der Waals surface area contributed by atoms with Gasteiger partial charge in [0.05, 0.1) is 0 Å². The molecule has 118 valence electrons. The van der Waals surface area contributed by atoms with E-state index in [2.05, 4.69) is 5.32 Å². The van der Waals surface area contributed by atoms with Crippen molar-refractivity contribution in [3.8, 4) is 0 Å². The maximum Gasteiger partial charge on any atom is 0.223 e. The lowest BCUT2D eigenvalue weighted by Gasteiger charge is -2.24. The van der Waals surface area contributed by atoms with E-state index < -0.39 is 11.6 Å². The lowest BCUT2D eigenvalue weighted by Crippen LogP contribution is -2.40. The first-order valence-electron chi connectivity index (χ1n) is 7.00. The van der Waals surface area contributed by atoms with Crippen LogP contribution in [0.1, 0.15) is 24.8 Å². The Morgan fingerprint density at radius 2 is 2.19 bits per heavy atom. The third-order valence-corrected chi connectivity index (χ3v) is 3.75. The molecule has 0 aliphatic carbocycles. The van der Waals surface area contributed by atoms with Crippen LogP contribution in [-0.2, 0) is 11.2 Å². The van der Waals surface area contributed by atoms with Crippen LogP contribution >= 0.6 is 12.4 Å². The maximum absolute atomic E-state index is 13.5. The Kier molecular flexibility index (Phi) is 7.05. The van der Waals surface area contributed by atoms with Crippen molar-refractivity contribution in [2.75, 3.05) is 20.1 Å². The Hall–Kier alpha value is -1.20. The topological polar surface area (TPSA) is 32.3 Å². The minimum atomic E-state index is -0.469. The van der Waals surface area contributed by atoms with Crippen molar-refractivity contribution in [1.29, 1.82) is 0 Å². The molecule has 21 heavy (non-hydrogen) atoms. The largest absolute Gasteiger partial charge is 0.338 e. The number of benzene rings is 1. The Bertz CT molecular complexity index is 485. The number of rotatable bonds is 5. The summed E-state index contributed by atoms with van der Waals surface area (Å²) in [6.07, 6.45) is 2.47. The van der Waals surface area contributed by atoms with Gasteiger partial charge in [0.1, 0.15) is 11.6 Å². The van der Waals surface area contributed by atoms with Gasteiger partial charge in [-0.15, -0.1) is 12.4 Å². The number of amides is 1. The first kappa shape index (κ1) is 17.9. The Labute approximate surface area is 130 Å². The van der Waals surface area contributed by atoms with E-state index in [4.69, 9.17) is 0 Å². The third-order valence-electron chi connectivity index (χ3n) is 3.75. The molecule has 1 aromatic carbocycles. The Morgan fingerprint density at radius 1 is 1.43 bits per heavy atom. The summed E-state index contributed by atoms with van der Waals surface area (Å²) in [6, 6.07) is 3.58. The average Bonchev–Trinajstić information content (AvgIpc) is 2.88. The fourth-order valence-electron chi connectivity index (χ4n) is 2.73. The van der Waals surface area contributed by atoms with E-state index in [1.54, 1.807) is 0 Å². The van der Waals surface area contributed by atoms with Gasteiger partial charge in [0.2, 0.25) is 5.91 Å². The van der Waals surface area contributed by atoms with Crippen LogP contribution in [0.25, 0.3) is 0 Å². The fraction of sp³-hybridized carbons (Fsp3) is 0.533. The number of hydrogen-bond donors (Lipinski definition) is 1. The molecule has 0 aromatic heterocycles. The summed E-state index contributed by atoms with van der Waals surface area (Å²) in [5.41, 5.74) is 0.266. The van der Waals surface area contributed by atoms with E-state index in [-0.39, 0.29) is 42.8 Å². The van der Waals surface area contributed by atoms with E-state index in [0.717, 1.165) is 44.1 Å². The molecule has 0 saturated carbocycles. The molecule has 1 heterocycles. The molecule has 1 saturated heterocycles. The number of aryl methyl sites for hydroxylation is 1. The normalized spacial score (nSPS) is 17.7. The zero-order valence-corrected chi connectivity index (χ0v) is 12.9. The van der Waals surface area contributed by atoms with Gasteiger partial charge >= 0.3 is 0 Å². The summed E-state index contributed by atoms with van der Waals surface area (Å²) in [4.78, 5) is 14.0. The molecule has 1 amide bonds. The molecule has 1 atom stereocenters. The van der Waals surface area contributed by atoms with Gasteiger partial charge in [0.15, 0.2) is 0 Å². The van der Waals surface area contributed by atoms with E-state index in [0.29, 0.717) is 0 Å². The molecule has 0 radical (unpaired) electrons. The van der Waals surface area contributed by atoms with E-state index in [1.807, 2.05) is 11.9 Å². The number of halogens is 3. The Morgan fingerprint density at radius 3 is 2.90 bits per heavy atom. The van der Waals surface area contributed by atoms with Gasteiger partial charge in [0, 0.05) is 25.6 Å². The maximum atomic E-state index is 13.5. The third kappa shape index (κ3) is 4.64. The van der Waals surface area contributed by atoms with Crippen molar-refractivity contribution >= 4 is 18.3 Å². The number of carbonyl (C=O) groups is 1. The van der Waals surface area contributed by atoms with Crippen LogP contribution in [0.4, 0.5) is 8.78 Å². The van der Waals surface area contributed by atoms with Crippen molar-refractivity contribution in [1.82, 2.24) is 10.2 Å². The summed E-state index contributed by atoms with van der Waals surface area (Å²) in [5, 5.41) is 3.08. The van der Waals surface area contributed by atoms with E-state index >= 15 is 0 Å². The predicted molar refractivity (Wildman–Crippen MR) is 80.6 cm³/mol. The van der Waals surface area contributed by atoms with Crippen molar-refractivity contribution < 1.29 is 13.6 Å². The zero-order valence-electron chi connectivity index (χ0n) is 12.1. The number of carbonyl (C=O) groups excluding carboxylic acids is 1. The fourth-order valence-corrected chi connectivity index (χ4v) is 2.73. The molecule has 1 unspecified atom stereocenters. The summed E-state index contributed by atoms with van der Waals surface area (Å²) in [6.45, 7) is 1.54. The molecule has 1 fully saturated rings. The molecule has 2 rings (SSSR count). The molecular formula is C15H21ClF2N2O. The van der Waals surface area contributed by atoms with Crippen LogP contribution in [0.2, 0.25) is 0 Å². The number of likely N-dealkylation sites (N-methyl/N-ethyl adjacent to an activating group) is 1. The minimum absolute atomic E-state index is 0. The van der Waals surface area contributed by atoms with Gasteiger partial charge in [-0.3, -0.25) is 4.79 Å². The molecule has 1 aliphatic heterocycles. The van der Waals surface area contributed by atoms with E-state index in [1.165, 1.54) is 0 Å². The standard InChI is InChI=1S/C15H20F2N2O.ClH/c1-18-10-13-3-2-8-19(13)15(20)7-4-11-9-12(16)5-6-14(11)17;/h5-6,9,13,18H,2-4,7-8,10H2,1H3;1H. The first-order valence-corrected chi connectivity index (χ1v) is 7.00. The number of nitrogens with one attached hydrogen (secondary N) is 1. The van der Waals surface area contributed by atoms with Crippen LogP contribution in [0, 0.1) is 11.6 Å². The Balaban J connectivity index is 0.00000220. The number of hydrogen-bond acceptors (Lipinski definition) is 2. The monoisotopic (exact) mass is 318 g/mol. The average molecular weight is 319 g/mol. The molecule has 6 heteroatoms. The van der Waals surface area contributed by atoms with Gasteiger partial charge in [-0.1, -0.05) is 0 Å². The van der Waals surface area contributed by atoms with Gasteiger partial charge < -0.3 is 10.2 Å². The summed E-state index contributed by atoms with van der Waals surface area (Å²) in [7, 11) is 1.86. The van der Waals surface area contributed by atoms with Crippen LogP contribution in [0.5, 0.6) is 0 Å². The molecule has 0 bridgehead atoms. The van der Waals surface area contributed by atoms with Crippen LogP contribution < -0.4 is 5.32 Å². The molecule has 1 aliphatic rings. The van der Waals surface area contributed by atoms with Crippen molar-refractivity contribution in [3.05, 3.63) is 35.4 Å². The van der Waals surface area contributed by atoms with Crippen molar-refractivity contribution in [3.63, 3.8) is 0 Å². The highest BCUT2D eigenvalue weighted by molar-refractivity contribution is 5.85. The highest BCUT2D eigenvalue weighted by Gasteiger charge is 2.27. The zero-order chi connectivity index (χ0) is 14.5. The highest BCUT2D eigenvalue weighted by atomic mass is 35.5. The highest BCUT2D eigenvalue weighted by Crippen LogP contribution is 2.19. The van der Waals surface area contributed by atoms with Crippen LogP contribution in [0.15, 0.2) is 18.2 Å². The summed E-state index contributed by atoms with van der Waals surface area (Å²) >= 11 is 0. The second kappa shape index (κ2) is 8.29. The summed E-state index contributed by atoms with van der Waals surface area (Å²) < 4.78 is 26.6. The van der Waals surface area contributed by atoms with Crippen LogP contribution in [-0.4, -0.2) is 37.0 Å². The van der Waals surface area contributed by atoms with Crippen molar-refractivity contribution in [2.45, 2.75) is 31.7 Å². The molecule has 3 nitrogen and oxygen atoms in total. The first-order chi connectivity index (χ1) is 9.61. The number of likely N-dealkylation sites (tertiary alicyclic amines) is 1. The lowest BCUT2D eigenvalue weighted by atomic mass is 10.1. The smallest absolute Gasteiger partial charge is 0.223 e. The quantitative estimate of drug-likeness (QED) is 0.905. The number of nitrogens with zero attached hydrogens (tertiary/aromatic N) is 1. The predicted octanol–water partition coefficient (Wildman–Crippen LogP) is 2.53. The molecule has 1 aromatic rings. The molecular weight excluding hydrogens is 298 g/mol. The lowest BCUT2D eigenvalue weighted by molar-refractivity contribution is -0.131. The van der Waals surface area contributed by atoms with E-state index in [9.17, 15) is 13.6 Å². The van der Waals surface area contributed by atoms with Gasteiger partial charge in [-0.2, -0.15) is 0 Å². The summed E-state index contributed by atoms with van der Waals surface area (Å²) in [5.74, 6) is -0.901. The van der Waals surface area contributed by atoms with Crippen LogP contribution in [0.3, 0.4) is 0 Å².